The lowest BCUT2D eigenvalue weighted by atomic mass is 9.76. The lowest BCUT2D eigenvalue weighted by Gasteiger charge is -2.35. The Morgan fingerprint density at radius 2 is 1.74 bits per heavy atom. The fourth-order valence-corrected chi connectivity index (χ4v) is 5.37. The minimum absolute atomic E-state index is 0.205. The normalized spacial score (nSPS) is 23.0. The number of hydrogen-bond donors (Lipinski definition) is 2. The molecule has 0 radical (unpaired) electrons. The quantitative estimate of drug-likeness (QED) is 0.517. The molecule has 0 spiro atoms. The van der Waals surface area contributed by atoms with E-state index in [1.165, 1.54) is 12.1 Å². The Morgan fingerprint density at radius 1 is 1.03 bits per heavy atom. The highest BCUT2D eigenvalue weighted by Crippen LogP contribution is 2.49. The average Bonchev–Trinajstić information content (AvgIpc) is 3.25. The molecule has 5 rings (SSSR count). The molecule has 0 bridgehead atoms. The molecule has 2 aromatic carbocycles. The largest absolute Gasteiger partial charge is 0.343 e. The molecule has 3 fully saturated rings. The van der Waals surface area contributed by atoms with E-state index in [1.54, 1.807) is 41.3 Å². The monoisotopic (exact) mass is 546 g/mol. The first-order chi connectivity index (χ1) is 18.6. The molecule has 2 aromatic rings. The molecule has 1 saturated carbocycles. The van der Waals surface area contributed by atoms with Crippen molar-refractivity contribution < 1.29 is 31.9 Å². The van der Waals surface area contributed by atoms with Crippen LogP contribution in [0.5, 0.6) is 0 Å². The number of alkyl halides is 3. The fourth-order valence-electron chi connectivity index (χ4n) is 5.37. The zero-order valence-electron chi connectivity index (χ0n) is 21.2. The van der Waals surface area contributed by atoms with Gasteiger partial charge in [-0.2, -0.15) is 0 Å². The molecular formula is C28H30F4N4O3. The maximum absolute atomic E-state index is 15.0. The Morgan fingerprint density at radius 3 is 2.36 bits per heavy atom. The van der Waals surface area contributed by atoms with Crippen molar-refractivity contribution in [2.75, 3.05) is 26.2 Å². The lowest BCUT2D eigenvalue weighted by Crippen LogP contribution is -2.52. The van der Waals surface area contributed by atoms with E-state index in [0.29, 0.717) is 24.2 Å². The summed E-state index contributed by atoms with van der Waals surface area (Å²) >= 11 is 0. The summed E-state index contributed by atoms with van der Waals surface area (Å²) in [5.41, 5.74) is 1.22. The van der Waals surface area contributed by atoms with Gasteiger partial charge in [0.15, 0.2) is 0 Å². The summed E-state index contributed by atoms with van der Waals surface area (Å²) in [7, 11) is 0. The number of carbonyl (C=O) groups excluding carboxylic acids is 3. The molecule has 2 aliphatic heterocycles. The summed E-state index contributed by atoms with van der Waals surface area (Å²) in [6.45, 7) is 0.580. The minimum atomic E-state index is -2.78. The molecule has 0 unspecified atom stereocenters. The van der Waals surface area contributed by atoms with Crippen LogP contribution in [0, 0.1) is 5.82 Å². The molecule has 4 amide bonds. The summed E-state index contributed by atoms with van der Waals surface area (Å²) in [5, 5.41) is 5.35. The van der Waals surface area contributed by atoms with Gasteiger partial charge in [-0.05, 0) is 35.1 Å². The van der Waals surface area contributed by atoms with E-state index in [2.05, 4.69) is 10.6 Å². The standard InChI is InChI=1S/C28H30F4N4O3/c29-20-12-23(36(16-20)24(37)15-33-27(39)35-9-4-10-35)26(38)34-25(17-5-2-1-3-6-17)18-7-8-21(22(30)11-18)19-13-28(31,32)14-19/h1-3,5-8,11,19-20,23,25H,4,9-10,12-16H2,(H,33,39)(H,34,38)/t20-,23+,25+/m1/s1. The summed E-state index contributed by atoms with van der Waals surface area (Å²) < 4.78 is 56.1. The molecule has 39 heavy (non-hydrogen) atoms. The number of urea groups is 1. The second-order valence-electron chi connectivity index (χ2n) is 10.5. The number of nitrogens with one attached hydrogen (secondary N) is 2. The number of hydrogen-bond acceptors (Lipinski definition) is 3. The highest BCUT2D eigenvalue weighted by molar-refractivity contribution is 5.91. The predicted molar refractivity (Wildman–Crippen MR) is 134 cm³/mol. The fraction of sp³-hybridized carbons (Fsp3) is 0.464. The number of benzene rings is 2. The van der Waals surface area contributed by atoms with Crippen molar-refractivity contribution in [3.05, 3.63) is 71.0 Å². The van der Waals surface area contributed by atoms with Crippen LogP contribution in [0.2, 0.25) is 0 Å². The Labute approximate surface area is 223 Å². The zero-order chi connectivity index (χ0) is 27.7. The SMILES string of the molecule is O=C(N[C@@H](c1ccccc1)c1ccc(C2CC(F)(F)C2)c(F)c1)[C@@H]1C[C@@H](F)CN1C(=O)CNC(=O)N1CCC1. The molecule has 1 aliphatic carbocycles. The first-order valence-corrected chi connectivity index (χ1v) is 13.1. The molecule has 0 aromatic heterocycles. The van der Waals surface area contributed by atoms with Crippen LogP contribution in [0.1, 0.15) is 54.3 Å². The molecule has 11 heteroatoms. The number of amides is 4. The summed E-state index contributed by atoms with van der Waals surface area (Å²) in [6.07, 6.45) is -1.54. The Bertz CT molecular complexity index is 1230. The van der Waals surface area contributed by atoms with Gasteiger partial charge < -0.3 is 20.4 Å². The first kappa shape index (κ1) is 27.0. The van der Waals surface area contributed by atoms with Gasteiger partial charge in [-0.15, -0.1) is 0 Å². The van der Waals surface area contributed by atoms with Gasteiger partial charge in [0, 0.05) is 32.4 Å². The predicted octanol–water partition coefficient (Wildman–Crippen LogP) is 3.90. The van der Waals surface area contributed by atoms with E-state index < -0.39 is 60.6 Å². The van der Waals surface area contributed by atoms with E-state index in [-0.39, 0.29) is 31.1 Å². The third-order valence-corrected chi connectivity index (χ3v) is 7.71. The number of carbonyl (C=O) groups is 3. The average molecular weight is 547 g/mol. The van der Waals surface area contributed by atoms with Gasteiger partial charge in [-0.25, -0.2) is 22.4 Å². The Balaban J connectivity index is 1.31. The van der Waals surface area contributed by atoms with Gasteiger partial charge in [0.05, 0.1) is 19.1 Å². The Hall–Kier alpha value is -3.63. The zero-order valence-corrected chi connectivity index (χ0v) is 21.2. The van der Waals surface area contributed by atoms with Gasteiger partial charge in [0.25, 0.3) is 0 Å². The molecule has 3 aliphatic rings. The van der Waals surface area contributed by atoms with Crippen LogP contribution < -0.4 is 10.6 Å². The van der Waals surface area contributed by atoms with E-state index >= 15 is 4.39 Å². The van der Waals surface area contributed by atoms with Crippen LogP contribution in [0.25, 0.3) is 0 Å². The second-order valence-corrected chi connectivity index (χ2v) is 10.5. The van der Waals surface area contributed by atoms with Crippen molar-refractivity contribution in [1.29, 1.82) is 0 Å². The van der Waals surface area contributed by atoms with Crippen molar-refractivity contribution in [2.45, 2.75) is 55.8 Å². The van der Waals surface area contributed by atoms with Gasteiger partial charge in [-0.1, -0.05) is 42.5 Å². The van der Waals surface area contributed by atoms with Crippen molar-refractivity contribution in [2.24, 2.45) is 0 Å². The smallest absolute Gasteiger partial charge is 0.317 e. The van der Waals surface area contributed by atoms with Crippen LogP contribution in [-0.4, -0.2) is 72.0 Å². The van der Waals surface area contributed by atoms with Crippen LogP contribution in [0.3, 0.4) is 0 Å². The Kier molecular flexibility index (Phi) is 7.51. The molecule has 2 N–H and O–H groups in total. The first-order valence-electron chi connectivity index (χ1n) is 13.1. The summed E-state index contributed by atoms with van der Waals surface area (Å²) in [5.74, 6) is -5.18. The van der Waals surface area contributed by atoms with Crippen LogP contribution in [-0.2, 0) is 9.59 Å². The van der Waals surface area contributed by atoms with Gasteiger partial charge >= 0.3 is 6.03 Å². The van der Waals surface area contributed by atoms with Gasteiger partial charge in [-0.3, -0.25) is 9.59 Å². The van der Waals surface area contributed by atoms with Crippen molar-refractivity contribution in [1.82, 2.24) is 20.4 Å². The van der Waals surface area contributed by atoms with Crippen molar-refractivity contribution in [3.8, 4) is 0 Å². The molecule has 3 atom stereocenters. The van der Waals surface area contributed by atoms with Crippen LogP contribution in [0.15, 0.2) is 48.5 Å². The van der Waals surface area contributed by atoms with Crippen LogP contribution >= 0.6 is 0 Å². The number of likely N-dealkylation sites (tertiary alicyclic amines) is 2. The van der Waals surface area contributed by atoms with E-state index in [4.69, 9.17) is 0 Å². The molecule has 7 nitrogen and oxygen atoms in total. The summed E-state index contributed by atoms with van der Waals surface area (Å²) in [4.78, 5) is 41.0. The van der Waals surface area contributed by atoms with Crippen LogP contribution in [0.4, 0.5) is 22.4 Å². The highest BCUT2D eigenvalue weighted by atomic mass is 19.3. The van der Waals surface area contributed by atoms with E-state index in [9.17, 15) is 27.6 Å². The minimum Gasteiger partial charge on any atom is -0.343 e. The van der Waals surface area contributed by atoms with E-state index in [0.717, 1.165) is 11.3 Å². The number of rotatable bonds is 7. The molecule has 208 valence electrons. The third kappa shape index (κ3) is 5.86. The maximum atomic E-state index is 15.0. The van der Waals surface area contributed by atoms with Gasteiger partial charge in [0.2, 0.25) is 17.7 Å². The molecule has 2 heterocycles. The maximum Gasteiger partial charge on any atom is 0.317 e. The highest BCUT2D eigenvalue weighted by Gasteiger charge is 2.47. The number of halogens is 4. The van der Waals surface area contributed by atoms with Crippen molar-refractivity contribution >= 4 is 17.8 Å². The van der Waals surface area contributed by atoms with Crippen molar-refractivity contribution in [3.63, 3.8) is 0 Å². The van der Waals surface area contributed by atoms with Gasteiger partial charge in [0.1, 0.15) is 18.0 Å². The lowest BCUT2D eigenvalue weighted by molar-refractivity contribution is -0.137. The molecular weight excluding hydrogens is 516 g/mol. The number of nitrogens with zero attached hydrogens (tertiary/aromatic N) is 2. The second kappa shape index (κ2) is 10.9. The topological polar surface area (TPSA) is 81.8 Å². The molecule has 2 saturated heterocycles. The third-order valence-electron chi connectivity index (χ3n) is 7.71. The summed E-state index contributed by atoms with van der Waals surface area (Å²) in [6, 6.07) is 10.7. The van der Waals surface area contributed by atoms with E-state index in [1.807, 2.05) is 0 Å².